The number of hydrogen-bond acceptors (Lipinski definition) is 2. The lowest BCUT2D eigenvalue weighted by atomic mass is 9.84. The van der Waals surface area contributed by atoms with Crippen molar-refractivity contribution in [3.8, 4) is 0 Å². The predicted octanol–water partition coefficient (Wildman–Crippen LogP) is 3.77. The van der Waals surface area contributed by atoms with Crippen LogP contribution in [0.15, 0.2) is 24.3 Å². The summed E-state index contributed by atoms with van der Waals surface area (Å²) in [5, 5.41) is 6.84. The normalized spacial score (nSPS) is 27.5. The lowest BCUT2D eigenvalue weighted by Crippen LogP contribution is -2.46. The quantitative estimate of drug-likeness (QED) is 0.825. The number of halogens is 1. The molecule has 0 radical (unpaired) electrons. The van der Waals surface area contributed by atoms with E-state index in [0.717, 1.165) is 11.8 Å². The number of carbonyl (C=O) groups is 1. The average molecular weight is 337 g/mol. The molecular formula is C17H21ClN2OS. The second-order valence-corrected chi connectivity index (χ2v) is 7.35. The minimum atomic E-state index is -0.261. The summed E-state index contributed by atoms with van der Waals surface area (Å²) in [6, 6.07) is 7.28. The fourth-order valence-corrected chi connectivity index (χ4v) is 4.57. The Morgan fingerprint density at radius 3 is 2.73 bits per heavy atom. The second kappa shape index (κ2) is 6.55. The van der Waals surface area contributed by atoms with Crippen LogP contribution in [-0.2, 0) is 0 Å². The van der Waals surface area contributed by atoms with E-state index >= 15 is 0 Å². The number of fused-ring (bicyclic) bond motifs is 2. The molecule has 0 heterocycles. The van der Waals surface area contributed by atoms with Gasteiger partial charge >= 0.3 is 0 Å². The van der Waals surface area contributed by atoms with Crippen molar-refractivity contribution in [3.63, 3.8) is 0 Å². The Morgan fingerprint density at radius 2 is 2.09 bits per heavy atom. The molecule has 2 N–H and O–H groups in total. The smallest absolute Gasteiger partial charge is 0.258 e. The number of thiocarbonyl (C=S) groups is 1. The van der Waals surface area contributed by atoms with E-state index in [-0.39, 0.29) is 5.91 Å². The van der Waals surface area contributed by atoms with Crippen LogP contribution in [0.2, 0.25) is 5.02 Å². The minimum Gasteiger partial charge on any atom is -0.360 e. The zero-order valence-electron chi connectivity index (χ0n) is 12.6. The molecule has 0 aliphatic heterocycles. The monoisotopic (exact) mass is 336 g/mol. The summed E-state index contributed by atoms with van der Waals surface area (Å²) in [5.74, 6) is 2.15. The first-order chi connectivity index (χ1) is 10.5. The van der Waals surface area contributed by atoms with Crippen LogP contribution < -0.4 is 10.6 Å². The lowest BCUT2D eigenvalue weighted by Gasteiger charge is -2.29. The highest BCUT2D eigenvalue weighted by Crippen LogP contribution is 2.49. The SMILES string of the molecule is C[C@H](NC(=S)NC(=O)c1ccccc1Cl)[C@@H]1C[C@H]2CC[C@H]1C2. The van der Waals surface area contributed by atoms with E-state index in [1.54, 1.807) is 24.3 Å². The Hall–Kier alpha value is -1.13. The predicted molar refractivity (Wildman–Crippen MR) is 93.1 cm³/mol. The molecule has 2 bridgehead atoms. The van der Waals surface area contributed by atoms with E-state index in [9.17, 15) is 4.79 Å². The zero-order chi connectivity index (χ0) is 15.7. The van der Waals surface area contributed by atoms with Crippen LogP contribution in [-0.4, -0.2) is 17.1 Å². The molecule has 2 aliphatic rings. The van der Waals surface area contributed by atoms with Crippen LogP contribution in [0.4, 0.5) is 0 Å². The van der Waals surface area contributed by atoms with Gasteiger partial charge in [-0.3, -0.25) is 10.1 Å². The Bertz CT molecular complexity index is 592. The maximum Gasteiger partial charge on any atom is 0.258 e. The molecule has 0 unspecified atom stereocenters. The van der Waals surface area contributed by atoms with Crippen molar-refractivity contribution in [1.29, 1.82) is 0 Å². The van der Waals surface area contributed by atoms with E-state index < -0.39 is 0 Å². The van der Waals surface area contributed by atoms with Crippen molar-refractivity contribution in [2.24, 2.45) is 17.8 Å². The highest BCUT2D eigenvalue weighted by Gasteiger charge is 2.41. The molecule has 1 aromatic rings. The van der Waals surface area contributed by atoms with E-state index in [2.05, 4.69) is 17.6 Å². The largest absolute Gasteiger partial charge is 0.360 e. The molecule has 1 aromatic carbocycles. The third kappa shape index (κ3) is 3.28. The van der Waals surface area contributed by atoms with Gasteiger partial charge in [0.2, 0.25) is 0 Å². The van der Waals surface area contributed by atoms with Gasteiger partial charge in [-0.1, -0.05) is 30.2 Å². The molecule has 4 atom stereocenters. The molecule has 3 nitrogen and oxygen atoms in total. The van der Waals surface area contributed by atoms with Gasteiger partial charge in [-0.05, 0) is 68.3 Å². The Kier molecular flexibility index (Phi) is 4.69. The summed E-state index contributed by atoms with van der Waals surface area (Å²) < 4.78 is 0. The van der Waals surface area contributed by atoms with Crippen molar-refractivity contribution >= 4 is 34.8 Å². The molecule has 1 amide bonds. The summed E-state index contributed by atoms with van der Waals surface area (Å²) in [7, 11) is 0. The van der Waals surface area contributed by atoms with E-state index in [0.29, 0.717) is 27.7 Å². The summed E-state index contributed by atoms with van der Waals surface area (Å²) in [4.78, 5) is 12.2. The summed E-state index contributed by atoms with van der Waals surface area (Å²) in [6.07, 6.45) is 5.40. The lowest BCUT2D eigenvalue weighted by molar-refractivity contribution is 0.0976. The maximum atomic E-state index is 12.2. The molecule has 118 valence electrons. The second-order valence-electron chi connectivity index (χ2n) is 6.53. The van der Waals surface area contributed by atoms with Crippen molar-refractivity contribution in [1.82, 2.24) is 10.6 Å². The van der Waals surface area contributed by atoms with Gasteiger partial charge in [-0.15, -0.1) is 0 Å². The van der Waals surface area contributed by atoms with Gasteiger partial charge in [0, 0.05) is 6.04 Å². The molecule has 2 saturated carbocycles. The summed E-state index contributed by atoms with van der Waals surface area (Å²) in [5.41, 5.74) is 0.445. The van der Waals surface area contributed by atoms with E-state index in [1.807, 2.05) is 0 Å². The standard InChI is InChI=1S/C17H21ClN2OS/c1-10(14-9-11-6-7-12(14)8-11)19-17(22)20-16(21)13-4-2-3-5-15(13)18/h2-5,10-12,14H,6-9H2,1H3,(H2,19,20,21,22)/t10-,11-,12-,14-/m0/s1. The molecule has 2 fully saturated rings. The molecule has 2 aliphatic carbocycles. The van der Waals surface area contributed by atoms with Gasteiger partial charge in [0.05, 0.1) is 10.6 Å². The fourth-order valence-electron chi connectivity index (χ4n) is 4.07. The number of nitrogens with one attached hydrogen (secondary N) is 2. The topological polar surface area (TPSA) is 41.1 Å². The van der Waals surface area contributed by atoms with Crippen LogP contribution in [0.1, 0.15) is 43.0 Å². The van der Waals surface area contributed by atoms with Crippen molar-refractivity contribution in [2.75, 3.05) is 0 Å². The first-order valence-corrected chi connectivity index (χ1v) is 8.69. The van der Waals surface area contributed by atoms with E-state index in [1.165, 1.54) is 25.7 Å². The average Bonchev–Trinajstić information content (AvgIpc) is 3.10. The van der Waals surface area contributed by atoms with Gasteiger partial charge in [0.1, 0.15) is 0 Å². The molecule has 0 aromatic heterocycles. The first kappa shape index (κ1) is 15.8. The fraction of sp³-hybridized carbons (Fsp3) is 0.529. The number of rotatable bonds is 3. The third-order valence-electron chi connectivity index (χ3n) is 5.14. The third-order valence-corrected chi connectivity index (χ3v) is 5.69. The molecule has 22 heavy (non-hydrogen) atoms. The van der Waals surface area contributed by atoms with Gasteiger partial charge in [0.15, 0.2) is 5.11 Å². The number of carbonyl (C=O) groups excluding carboxylic acids is 1. The Labute approximate surface area is 141 Å². The summed E-state index contributed by atoms with van der Waals surface area (Å²) >= 11 is 11.3. The molecular weight excluding hydrogens is 316 g/mol. The highest BCUT2D eigenvalue weighted by atomic mass is 35.5. The molecule has 0 spiro atoms. The van der Waals surface area contributed by atoms with Crippen LogP contribution in [0.25, 0.3) is 0 Å². The Balaban J connectivity index is 1.54. The molecule has 5 heteroatoms. The number of hydrogen-bond donors (Lipinski definition) is 2. The molecule has 0 saturated heterocycles. The van der Waals surface area contributed by atoms with E-state index in [4.69, 9.17) is 23.8 Å². The van der Waals surface area contributed by atoms with Crippen LogP contribution in [0, 0.1) is 17.8 Å². The summed E-state index contributed by atoms with van der Waals surface area (Å²) in [6.45, 7) is 2.17. The van der Waals surface area contributed by atoms with Gasteiger partial charge in [0.25, 0.3) is 5.91 Å². The van der Waals surface area contributed by atoms with Crippen LogP contribution in [0.5, 0.6) is 0 Å². The maximum absolute atomic E-state index is 12.2. The van der Waals surface area contributed by atoms with Gasteiger partial charge in [-0.25, -0.2) is 0 Å². The van der Waals surface area contributed by atoms with Gasteiger partial charge in [-0.2, -0.15) is 0 Å². The minimum absolute atomic E-state index is 0.261. The Morgan fingerprint density at radius 1 is 1.32 bits per heavy atom. The highest BCUT2D eigenvalue weighted by molar-refractivity contribution is 7.80. The molecule has 3 rings (SSSR count). The number of amides is 1. The van der Waals surface area contributed by atoms with Gasteiger partial charge < -0.3 is 5.32 Å². The van der Waals surface area contributed by atoms with Crippen LogP contribution in [0.3, 0.4) is 0 Å². The zero-order valence-corrected chi connectivity index (χ0v) is 14.2. The number of benzene rings is 1. The van der Waals surface area contributed by atoms with Crippen molar-refractivity contribution in [2.45, 2.75) is 38.6 Å². The first-order valence-electron chi connectivity index (χ1n) is 7.91. The van der Waals surface area contributed by atoms with Crippen molar-refractivity contribution < 1.29 is 4.79 Å². The van der Waals surface area contributed by atoms with Crippen LogP contribution >= 0.6 is 23.8 Å². The van der Waals surface area contributed by atoms with Crippen molar-refractivity contribution in [3.05, 3.63) is 34.9 Å².